The molecular weight excluding hydrogens is 801 g/mol. The van der Waals surface area contributed by atoms with Crippen molar-refractivity contribution in [2.45, 2.75) is 282 Å². The van der Waals surface area contributed by atoms with Gasteiger partial charge in [0.1, 0.15) is 11.4 Å². The average Bonchev–Trinajstić information content (AvgIpc) is 3.51. The van der Waals surface area contributed by atoms with E-state index >= 15 is 0 Å². The molecule has 64 heavy (non-hydrogen) atoms. The molecule has 2 aliphatic carbocycles. The van der Waals surface area contributed by atoms with E-state index in [4.69, 9.17) is 14.2 Å². The number of hydrogen-bond donors (Lipinski definition) is 2. The van der Waals surface area contributed by atoms with Gasteiger partial charge in [0.15, 0.2) is 11.2 Å². The normalized spacial score (nSPS) is 30.8. The molecule has 0 radical (unpaired) electrons. The predicted octanol–water partition coefficient (Wildman–Crippen LogP) is 11.3. The first kappa shape index (κ1) is 53.7. The van der Waals surface area contributed by atoms with E-state index in [1.807, 2.05) is 18.9 Å². The van der Waals surface area contributed by atoms with Gasteiger partial charge in [-0.1, -0.05) is 118 Å². The molecule has 372 valence electrons. The van der Waals surface area contributed by atoms with Crippen LogP contribution in [0.15, 0.2) is 0 Å². The number of aliphatic hydroxyl groups excluding tert-OH is 1. The lowest BCUT2D eigenvalue weighted by Gasteiger charge is -2.57. The van der Waals surface area contributed by atoms with Gasteiger partial charge >= 0.3 is 0 Å². The number of piperidine rings is 2. The summed E-state index contributed by atoms with van der Waals surface area (Å²) in [4.78, 5) is 34.9. The third kappa shape index (κ3) is 12.5. The minimum Gasteiger partial charge on any atom is -0.392 e. The van der Waals surface area contributed by atoms with Crippen molar-refractivity contribution in [3.8, 4) is 0 Å². The topological polar surface area (TPSA) is 104 Å². The second-order valence-electron chi connectivity index (χ2n) is 24.7. The molecule has 3 atom stereocenters. The van der Waals surface area contributed by atoms with E-state index in [-0.39, 0.29) is 40.0 Å². The number of amides is 2. The van der Waals surface area contributed by atoms with Crippen molar-refractivity contribution in [2.24, 2.45) is 11.3 Å². The predicted molar refractivity (Wildman–Crippen MR) is 261 cm³/mol. The Balaban J connectivity index is 0.000000241. The Morgan fingerprint density at radius 2 is 1.08 bits per heavy atom. The summed E-state index contributed by atoms with van der Waals surface area (Å²) >= 11 is 0. The van der Waals surface area contributed by atoms with E-state index in [2.05, 4.69) is 77.4 Å². The summed E-state index contributed by atoms with van der Waals surface area (Å²) in [5, 5.41) is 14.1. The van der Waals surface area contributed by atoms with E-state index in [1.165, 1.54) is 89.9 Å². The Morgan fingerprint density at radius 3 is 1.52 bits per heavy atom. The number of aliphatic hydroxyl groups is 1. The summed E-state index contributed by atoms with van der Waals surface area (Å²) in [5.41, 5.74) is -3.25. The van der Waals surface area contributed by atoms with Crippen LogP contribution in [0.25, 0.3) is 0 Å². The van der Waals surface area contributed by atoms with E-state index < -0.39 is 22.7 Å². The summed E-state index contributed by atoms with van der Waals surface area (Å²) in [6.07, 6.45) is 29.2. The minimum atomic E-state index is -0.796. The zero-order chi connectivity index (χ0) is 47.1. The molecule has 6 fully saturated rings. The average molecular weight is 901 g/mol. The Labute approximate surface area is 392 Å². The molecule has 0 aromatic heterocycles. The molecular formula is C54H100N4O6. The molecule has 10 nitrogen and oxygen atoms in total. The van der Waals surface area contributed by atoms with Crippen LogP contribution in [-0.4, -0.2) is 117 Å². The van der Waals surface area contributed by atoms with Gasteiger partial charge in [0, 0.05) is 75.1 Å². The van der Waals surface area contributed by atoms with Gasteiger partial charge in [0.2, 0.25) is 0 Å². The highest BCUT2D eigenvalue weighted by molar-refractivity contribution is 5.89. The molecule has 0 aromatic rings. The van der Waals surface area contributed by atoms with Gasteiger partial charge < -0.3 is 34.4 Å². The fraction of sp³-hybridized carbons (Fsp3) is 0.963. The Morgan fingerprint density at radius 1 is 0.641 bits per heavy atom. The number of rotatable bonds is 7. The molecule has 4 saturated heterocycles. The van der Waals surface area contributed by atoms with Gasteiger partial charge in [0.25, 0.3) is 11.8 Å². The summed E-state index contributed by atoms with van der Waals surface area (Å²) in [6.45, 7) is 24.7. The van der Waals surface area contributed by atoms with Crippen molar-refractivity contribution in [3.63, 3.8) is 0 Å². The van der Waals surface area contributed by atoms with Gasteiger partial charge in [-0.2, -0.15) is 0 Å². The molecule has 0 aromatic carbocycles. The van der Waals surface area contributed by atoms with Crippen LogP contribution in [-0.2, 0) is 23.8 Å². The van der Waals surface area contributed by atoms with Crippen LogP contribution in [0.1, 0.15) is 236 Å². The first-order chi connectivity index (χ1) is 30.0. The molecule has 6 rings (SSSR count). The summed E-state index contributed by atoms with van der Waals surface area (Å²) < 4.78 is 19.8. The molecule has 4 heterocycles. The number of likely N-dealkylation sites (tertiary alicyclic amines) is 1. The standard InChI is InChI=1S/2C27H50N2O3/c1-22(19-31-6)18-29-23(30)26(20-24(2,3)28-25(4,5)21-26)32-27(29)16-14-12-10-8-7-9-11-13-15-17-27;1-7-22(30)19-29-21-24(2,3)27(20-25(29,4)5)23(31)28(6)26(32-27)17-15-13-11-9-8-10-12-14-16-18-26/h22,28H,7-21H2,1-6H3;22,30H,7-21H2,1-6H3. The number of β-amino-alcohol motifs (C(OH)–C–C–N with tert-alkyl or cyclic N) is 1. The Bertz CT molecular complexity index is 1460. The molecule has 6 aliphatic rings. The number of nitrogens with zero attached hydrogens (tertiary/aromatic N) is 3. The van der Waals surface area contributed by atoms with Crippen LogP contribution in [0, 0.1) is 11.3 Å². The van der Waals surface area contributed by atoms with E-state index in [0.29, 0.717) is 25.5 Å². The van der Waals surface area contributed by atoms with Gasteiger partial charge in [0.05, 0.1) is 12.7 Å². The van der Waals surface area contributed by atoms with E-state index in [0.717, 1.165) is 83.7 Å². The maximum Gasteiger partial charge on any atom is 0.257 e. The molecule has 4 spiro atoms. The van der Waals surface area contributed by atoms with Crippen molar-refractivity contribution in [1.82, 2.24) is 20.0 Å². The van der Waals surface area contributed by atoms with Gasteiger partial charge in [-0.15, -0.1) is 0 Å². The van der Waals surface area contributed by atoms with Crippen LogP contribution >= 0.6 is 0 Å². The zero-order valence-electron chi connectivity index (χ0n) is 43.7. The van der Waals surface area contributed by atoms with Gasteiger partial charge in [-0.3, -0.25) is 14.5 Å². The Hall–Kier alpha value is -1.30. The Kier molecular flexibility index (Phi) is 18.4. The van der Waals surface area contributed by atoms with E-state index in [9.17, 15) is 14.7 Å². The molecule has 10 heteroatoms. The van der Waals surface area contributed by atoms with E-state index in [1.54, 1.807) is 7.11 Å². The number of ether oxygens (including phenoxy) is 3. The summed E-state index contributed by atoms with van der Waals surface area (Å²) in [7, 11) is 3.75. The van der Waals surface area contributed by atoms with Crippen molar-refractivity contribution in [3.05, 3.63) is 0 Å². The maximum atomic E-state index is 14.3. The number of nitrogens with one attached hydrogen (secondary N) is 1. The highest BCUT2D eigenvalue weighted by Crippen LogP contribution is 2.56. The fourth-order valence-corrected chi connectivity index (χ4v) is 13.6. The summed E-state index contributed by atoms with van der Waals surface area (Å²) in [5.74, 6) is 0.706. The fourth-order valence-electron chi connectivity index (χ4n) is 13.6. The molecule has 2 amide bonds. The summed E-state index contributed by atoms with van der Waals surface area (Å²) in [6, 6.07) is 0. The molecule has 3 unspecified atom stereocenters. The molecule has 2 N–H and O–H groups in total. The smallest absolute Gasteiger partial charge is 0.257 e. The van der Waals surface area contributed by atoms with Crippen molar-refractivity contribution in [2.75, 3.05) is 40.4 Å². The van der Waals surface area contributed by atoms with Crippen molar-refractivity contribution in [1.29, 1.82) is 0 Å². The monoisotopic (exact) mass is 901 g/mol. The van der Waals surface area contributed by atoms with Crippen LogP contribution in [0.3, 0.4) is 0 Å². The zero-order valence-corrected chi connectivity index (χ0v) is 43.7. The number of carbonyl (C=O) groups is 2. The van der Waals surface area contributed by atoms with Crippen molar-refractivity contribution < 1.29 is 28.9 Å². The van der Waals surface area contributed by atoms with Crippen LogP contribution in [0.4, 0.5) is 0 Å². The second kappa shape index (κ2) is 22.0. The van der Waals surface area contributed by atoms with Gasteiger partial charge in [-0.05, 0) is 105 Å². The first-order valence-electron chi connectivity index (χ1n) is 26.8. The highest BCUT2D eigenvalue weighted by atomic mass is 16.6. The minimum absolute atomic E-state index is 0.141. The second-order valence-corrected chi connectivity index (χ2v) is 24.7. The number of carbonyl (C=O) groups excluding carboxylic acids is 2. The third-order valence-corrected chi connectivity index (χ3v) is 16.6. The van der Waals surface area contributed by atoms with Crippen LogP contribution in [0.5, 0.6) is 0 Å². The third-order valence-electron chi connectivity index (χ3n) is 16.6. The highest BCUT2D eigenvalue weighted by Gasteiger charge is 2.69. The molecule has 4 aliphatic heterocycles. The lowest BCUT2D eigenvalue weighted by Crippen LogP contribution is -2.68. The lowest BCUT2D eigenvalue weighted by atomic mass is 9.64. The van der Waals surface area contributed by atoms with Crippen LogP contribution < -0.4 is 5.32 Å². The largest absolute Gasteiger partial charge is 0.392 e. The molecule has 2 saturated carbocycles. The lowest BCUT2D eigenvalue weighted by molar-refractivity contribution is -0.222. The first-order valence-corrected chi connectivity index (χ1v) is 26.8. The quantitative estimate of drug-likeness (QED) is 0.260. The number of likely N-dealkylation sites (N-methyl/N-ethyl adjacent to an activating group) is 1. The molecule has 0 bridgehead atoms. The maximum absolute atomic E-state index is 14.3. The van der Waals surface area contributed by atoms with Gasteiger partial charge in [-0.25, -0.2) is 0 Å². The number of methoxy groups -OCH3 is 1. The SMILES string of the molecule is CCC(O)CN1CC(C)(C)C2(CC1(C)C)OC1(CCCCCCCCCCC1)N(C)C2=O.COCC(C)CN1C(=O)C2(CC(C)(C)NC(C)(C)C2)OC12CCCCCCCCCCC2. The van der Waals surface area contributed by atoms with Crippen molar-refractivity contribution >= 4 is 11.8 Å². The van der Waals surface area contributed by atoms with Crippen LogP contribution in [0.2, 0.25) is 0 Å². The number of hydrogen-bond acceptors (Lipinski definition) is 8.